The zero-order chi connectivity index (χ0) is 14.5. The number of hydrogen-bond donors (Lipinski definition) is 3. The second-order valence-corrected chi connectivity index (χ2v) is 6.07. The summed E-state index contributed by atoms with van der Waals surface area (Å²) in [7, 11) is 1.68. The molecule has 20 heavy (non-hydrogen) atoms. The summed E-state index contributed by atoms with van der Waals surface area (Å²) in [6, 6.07) is 3.75. The fourth-order valence-electron chi connectivity index (χ4n) is 2.43. The van der Waals surface area contributed by atoms with E-state index in [0.29, 0.717) is 4.88 Å². The average Bonchev–Trinajstić information content (AvgIpc) is 2.95. The summed E-state index contributed by atoms with van der Waals surface area (Å²) in [6.07, 6.45) is 1.78. The Bertz CT molecular complexity index is 480. The van der Waals surface area contributed by atoms with Crippen LogP contribution in [0.4, 0.5) is 0 Å². The van der Waals surface area contributed by atoms with Crippen LogP contribution in [-0.2, 0) is 11.3 Å². The third-order valence-corrected chi connectivity index (χ3v) is 4.67. The van der Waals surface area contributed by atoms with Gasteiger partial charge in [0.25, 0.3) is 5.91 Å². The van der Waals surface area contributed by atoms with Crippen LogP contribution in [-0.4, -0.2) is 36.9 Å². The van der Waals surface area contributed by atoms with Gasteiger partial charge in [-0.2, -0.15) is 0 Å². The number of nitrogen functional groups attached to an aromatic ring is 1. The van der Waals surface area contributed by atoms with Crippen LogP contribution in [0.5, 0.6) is 0 Å². The molecule has 110 valence electrons. The number of hydrogen-bond acceptors (Lipinski definition) is 5. The number of likely N-dealkylation sites (tertiary alicyclic amines) is 1. The van der Waals surface area contributed by atoms with E-state index in [4.69, 9.17) is 5.84 Å². The highest BCUT2D eigenvalue weighted by Crippen LogP contribution is 2.22. The minimum atomic E-state index is -0.250. The van der Waals surface area contributed by atoms with Crippen molar-refractivity contribution in [3.8, 4) is 0 Å². The second kappa shape index (κ2) is 6.83. The molecule has 0 unspecified atom stereocenters. The molecule has 0 aliphatic carbocycles. The quantitative estimate of drug-likeness (QED) is 0.424. The first-order chi connectivity index (χ1) is 9.63. The highest BCUT2D eigenvalue weighted by atomic mass is 32.1. The molecule has 1 fully saturated rings. The summed E-state index contributed by atoms with van der Waals surface area (Å²) in [5.74, 6) is 5.14. The van der Waals surface area contributed by atoms with Crippen molar-refractivity contribution in [2.24, 2.45) is 11.8 Å². The fourth-order valence-corrected chi connectivity index (χ4v) is 3.39. The topological polar surface area (TPSA) is 87.5 Å². The van der Waals surface area contributed by atoms with Crippen LogP contribution in [0.1, 0.15) is 27.4 Å². The van der Waals surface area contributed by atoms with Crippen LogP contribution < -0.4 is 16.6 Å². The molecule has 0 radical (unpaired) electrons. The predicted molar refractivity (Wildman–Crippen MR) is 78.0 cm³/mol. The molecule has 0 saturated carbocycles. The van der Waals surface area contributed by atoms with E-state index >= 15 is 0 Å². The van der Waals surface area contributed by atoms with E-state index in [-0.39, 0.29) is 17.7 Å². The summed E-state index contributed by atoms with van der Waals surface area (Å²) in [5.41, 5.74) is 2.14. The molecule has 1 aromatic rings. The van der Waals surface area contributed by atoms with Gasteiger partial charge in [0.2, 0.25) is 5.91 Å². The van der Waals surface area contributed by atoms with Gasteiger partial charge in [0, 0.05) is 24.4 Å². The molecule has 6 nitrogen and oxygen atoms in total. The van der Waals surface area contributed by atoms with Gasteiger partial charge in [-0.25, -0.2) is 5.84 Å². The molecular formula is C13H20N4O2S. The number of nitrogens with two attached hydrogens (primary N) is 1. The van der Waals surface area contributed by atoms with Crippen molar-refractivity contribution < 1.29 is 9.59 Å². The first kappa shape index (κ1) is 15.0. The van der Waals surface area contributed by atoms with E-state index in [2.05, 4.69) is 15.6 Å². The largest absolute Gasteiger partial charge is 0.359 e. The van der Waals surface area contributed by atoms with E-state index < -0.39 is 0 Å². The molecule has 4 N–H and O–H groups in total. The van der Waals surface area contributed by atoms with Crippen LogP contribution in [0.2, 0.25) is 0 Å². The summed E-state index contributed by atoms with van der Waals surface area (Å²) in [5, 5.41) is 2.71. The number of nitrogens with one attached hydrogen (secondary N) is 2. The van der Waals surface area contributed by atoms with Crippen molar-refractivity contribution >= 4 is 23.2 Å². The minimum Gasteiger partial charge on any atom is -0.359 e. The molecule has 0 bridgehead atoms. The van der Waals surface area contributed by atoms with Crippen molar-refractivity contribution in [3.63, 3.8) is 0 Å². The second-order valence-electron chi connectivity index (χ2n) is 4.90. The van der Waals surface area contributed by atoms with Crippen molar-refractivity contribution in [2.45, 2.75) is 19.4 Å². The van der Waals surface area contributed by atoms with Crippen molar-refractivity contribution in [1.29, 1.82) is 0 Å². The van der Waals surface area contributed by atoms with E-state index in [1.807, 2.05) is 6.07 Å². The number of amides is 2. The lowest BCUT2D eigenvalue weighted by Crippen LogP contribution is -2.39. The van der Waals surface area contributed by atoms with Gasteiger partial charge >= 0.3 is 0 Å². The third-order valence-electron chi connectivity index (χ3n) is 3.60. The van der Waals surface area contributed by atoms with Gasteiger partial charge in [0.15, 0.2) is 0 Å². The highest BCUT2D eigenvalue weighted by Gasteiger charge is 2.24. The Morgan fingerprint density at radius 1 is 1.40 bits per heavy atom. The molecule has 0 atom stereocenters. The molecule has 2 amide bonds. The molecule has 1 aliphatic rings. The Kier molecular flexibility index (Phi) is 5.11. The molecular weight excluding hydrogens is 276 g/mol. The number of thiophene rings is 1. The lowest BCUT2D eigenvalue weighted by Gasteiger charge is -2.30. The predicted octanol–water partition coefficient (Wildman–Crippen LogP) is 0.310. The van der Waals surface area contributed by atoms with Crippen LogP contribution >= 0.6 is 11.3 Å². The third kappa shape index (κ3) is 3.56. The summed E-state index contributed by atoms with van der Waals surface area (Å²) in [4.78, 5) is 27.0. The van der Waals surface area contributed by atoms with Crippen LogP contribution in [0.15, 0.2) is 12.1 Å². The van der Waals surface area contributed by atoms with Crippen LogP contribution in [0, 0.1) is 5.92 Å². The van der Waals surface area contributed by atoms with Crippen molar-refractivity contribution in [2.75, 3.05) is 20.1 Å². The summed E-state index contributed by atoms with van der Waals surface area (Å²) >= 11 is 1.46. The minimum absolute atomic E-state index is 0.137. The molecule has 1 saturated heterocycles. The maximum Gasteiger partial charge on any atom is 0.275 e. The van der Waals surface area contributed by atoms with Crippen molar-refractivity contribution in [3.05, 3.63) is 21.9 Å². The van der Waals surface area contributed by atoms with Crippen LogP contribution in [0.3, 0.4) is 0 Å². The monoisotopic (exact) mass is 296 g/mol. The normalized spacial score (nSPS) is 16.9. The van der Waals surface area contributed by atoms with Gasteiger partial charge in [-0.05, 0) is 38.1 Å². The summed E-state index contributed by atoms with van der Waals surface area (Å²) < 4.78 is 0. The molecule has 2 rings (SSSR count). The highest BCUT2D eigenvalue weighted by molar-refractivity contribution is 7.14. The standard InChI is InChI=1S/C13H20N4O2S/c1-15-12(18)9-4-6-17(7-5-9)8-10-2-3-11(20-10)13(19)16-14/h2-3,9H,4-8,14H2,1H3,(H,15,18)(H,16,19). The van der Waals surface area contributed by atoms with Gasteiger partial charge < -0.3 is 5.32 Å². The van der Waals surface area contributed by atoms with Crippen molar-refractivity contribution in [1.82, 2.24) is 15.6 Å². The molecule has 0 aromatic carbocycles. The Morgan fingerprint density at radius 3 is 2.70 bits per heavy atom. The lowest BCUT2D eigenvalue weighted by atomic mass is 9.96. The first-order valence-corrected chi connectivity index (χ1v) is 7.49. The van der Waals surface area contributed by atoms with E-state index in [1.165, 1.54) is 11.3 Å². The number of nitrogens with zero attached hydrogens (tertiary/aromatic N) is 1. The maximum absolute atomic E-state index is 11.6. The Labute approximate surface area is 122 Å². The zero-order valence-corrected chi connectivity index (χ0v) is 12.3. The fraction of sp³-hybridized carbons (Fsp3) is 0.538. The SMILES string of the molecule is CNC(=O)C1CCN(Cc2ccc(C(=O)NN)s2)CC1. The van der Waals surface area contributed by atoms with Gasteiger partial charge in [0.05, 0.1) is 4.88 Å². The van der Waals surface area contributed by atoms with Gasteiger partial charge in [0.1, 0.15) is 0 Å². The molecule has 1 aliphatic heterocycles. The Hall–Kier alpha value is -1.44. The summed E-state index contributed by atoms with van der Waals surface area (Å²) in [6.45, 7) is 2.64. The zero-order valence-electron chi connectivity index (χ0n) is 11.5. The number of piperidine rings is 1. The smallest absolute Gasteiger partial charge is 0.275 e. The average molecular weight is 296 g/mol. The number of carbonyl (C=O) groups excluding carboxylic acids is 2. The van der Waals surface area contributed by atoms with Gasteiger partial charge in [-0.1, -0.05) is 0 Å². The molecule has 7 heteroatoms. The van der Waals surface area contributed by atoms with Gasteiger partial charge in [-0.3, -0.25) is 19.9 Å². The van der Waals surface area contributed by atoms with E-state index in [0.717, 1.165) is 37.4 Å². The number of rotatable bonds is 4. The maximum atomic E-state index is 11.6. The van der Waals surface area contributed by atoms with Crippen LogP contribution in [0.25, 0.3) is 0 Å². The number of hydrazine groups is 1. The molecule has 0 spiro atoms. The lowest BCUT2D eigenvalue weighted by molar-refractivity contribution is -0.125. The number of carbonyl (C=O) groups is 2. The van der Waals surface area contributed by atoms with E-state index in [9.17, 15) is 9.59 Å². The Morgan fingerprint density at radius 2 is 2.10 bits per heavy atom. The Balaban J connectivity index is 1.85. The molecule has 1 aromatic heterocycles. The van der Waals surface area contributed by atoms with E-state index in [1.54, 1.807) is 13.1 Å². The molecule has 2 heterocycles. The first-order valence-electron chi connectivity index (χ1n) is 6.67. The van der Waals surface area contributed by atoms with Gasteiger partial charge in [-0.15, -0.1) is 11.3 Å².